The van der Waals surface area contributed by atoms with Gasteiger partial charge in [0.05, 0.1) is 0 Å². The second-order valence-corrected chi connectivity index (χ2v) is 1.76. The van der Waals surface area contributed by atoms with Crippen molar-refractivity contribution in [1.82, 2.24) is 0 Å². The molecular formula is C10H14N2O6. The van der Waals surface area contributed by atoms with Crippen molar-refractivity contribution in [1.29, 1.82) is 5.26 Å². The molecule has 0 aliphatic carbocycles. The van der Waals surface area contributed by atoms with E-state index in [1.807, 2.05) is 0 Å². The van der Waals surface area contributed by atoms with E-state index in [4.69, 9.17) is 20.6 Å². The Morgan fingerprint density at radius 2 is 0.944 bits per heavy atom. The van der Waals surface area contributed by atoms with Crippen molar-refractivity contribution < 1.29 is 29.7 Å². The third-order valence-electron chi connectivity index (χ3n) is 0.524. The lowest BCUT2D eigenvalue weighted by molar-refractivity contribution is -0.132. The minimum absolute atomic E-state index is 0.833. The van der Waals surface area contributed by atoms with Crippen LogP contribution < -0.4 is 5.73 Å². The summed E-state index contributed by atoms with van der Waals surface area (Å²) in [4.78, 5) is 27.8. The van der Waals surface area contributed by atoms with Crippen LogP contribution >= 0.6 is 0 Å². The fourth-order valence-electron chi connectivity index (χ4n) is 0. The fourth-order valence-corrected chi connectivity index (χ4v) is 0. The monoisotopic (exact) mass is 258 g/mol. The SMILES string of the molecule is C=CC(=O)O.C=CC(=O)O.C=CC(=O)O.N#CN. The van der Waals surface area contributed by atoms with Crippen molar-refractivity contribution in [3.63, 3.8) is 0 Å². The van der Waals surface area contributed by atoms with Gasteiger partial charge in [-0.05, 0) is 0 Å². The largest absolute Gasteiger partial charge is 0.478 e. The molecule has 0 radical (unpaired) electrons. The molecular weight excluding hydrogens is 244 g/mol. The van der Waals surface area contributed by atoms with Gasteiger partial charge in [-0.3, -0.25) is 0 Å². The van der Waals surface area contributed by atoms with E-state index in [0.717, 1.165) is 18.2 Å². The van der Waals surface area contributed by atoms with Gasteiger partial charge in [-0.15, -0.1) is 0 Å². The number of rotatable bonds is 3. The normalized spacial score (nSPS) is 5.72. The second kappa shape index (κ2) is 23.6. The quantitative estimate of drug-likeness (QED) is 0.317. The topological polar surface area (TPSA) is 162 Å². The molecule has 0 saturated carbocycles. The fraction of sp³-hybridized carbons (Fsp3) is 0. The number of nitriles is 1. The number of hydrogen-bond acceptors (Lipinski definition) is 5. The van der Waals surface area contributed by atoms with Crippen LogP contribution in [-0.4, -0.2) is 33.2 Å². The lowest BCUT2D eigenvalue weighted by Gasteiger charge is -1.64. The molecule has 100 valence electrons. The summed E-state index contributed by atoms with van der Waals surface area (Å²) >= 11 is 0. The molecule has 0 bridgehead atoms. The van der Waals surface area contributed by atoms with E-state index in [1.54, 1.807) is 0 Å². The van der Waals surface area contributed by atoms with E-state index in [1.165, 1.54) is 6.19 Å². The minimum Gasteiger partial charge on any atom is -0.478 e. The van der Waals surface area contributed by atoms with Crippen LogP contribution in [0.5, 0.6) is 0 Å². The molecule has 5 N–H and O–H groups in total. The van der Waals surface area contributed by atoms with Crippen molar-refractivity contribution in [3.8, 4) is 6.19 Å². The van der Waals surface area contributed by atoms with Gasteiger partial charge in [-0.25, -0.2) is 14.4 Å². The lowest BCUT2D eigenvalue weighted by atomic mass is 10.7. The molecule has 0 aromatic rings. The van der Waals surface area contributed by atoms with Crippen molar-refractivity contribution >= 4 is 17.9 Å². The summed E-state index contributed by atoms with van der Waals surface area (Å²) in [5, 5.41) is 29.9. The van der Waals surface area contributed by atoms with E-state index in [-0.39, 0.29) is 0 Å². The van der Waals surface area contributed by atoms with E-state index in [0.29, 0.717) is 0 Å². The highest BCUT2D eigenvalue weighted by atomic mass is 16.4. The summed E-state index contributed by atoms with van der Waals surface area (Å²) in [6.45, 7) is 8.88. The highest BCUT2D eigenvalue weighted by Gasteiger charge is 1.74. The molecule has 0 amide bonds. The summed E-state index contributed by atoms with van der Waals surface area (Å²) in [7, 11) is 0. The predicted octanol–water partition coefficient (Wildman–Crippen LogP) is 0.197. The van der Waals surface area contributed by atoms with Gasteiger partial charge in [0.25, 0.3) is 0 Å². The Hall–Kier alpha value is -3.08. The first kappa shape index (κ1) is 24.2. The van der Waals surface area contributed by atoms with Crippen molar-refractivity contribution in [2.24, 2.45) is 5.73 Å². The van der Waals surface area contributed by atoms with E-state index in [9.17, 15) is 14.4 Å². The predicted molar refractivity (Wildman–Crippen MR) is 63.3 cm³/mol. The van der Waals surface area contributed by atoms with Crippen molar-refractivity contribution in [2.45, 2.75) is 0 Å². The Labute approximate surface area is 104 Å². The molecule has 0 saturated heterocycles. The number of carboxylic acids is 3. The van der Waals surface area contributed by atoms with Crippen LogP contribution in [0, 0.1) is 11.5 Å². The van der Waals surface area contributed by atoms with Crippen LogP contribution in [0.4, 0.5) is 0 Å². The molecule has 0 aliphatic rings. The molecule has 0 fully saturated rings. The zero-order valence-corrected chi connectivity index (χ0v) is 9.44. The highest BCUT2D eigenvalue weighted by molar-refractivity contribution is 5.79. The maximum absolute atomic E-state index is 9.25. The maximum Gasteiger partial charge on any atom is 0.327 e. The molecule has 8 nitrogen and oxygen atoms in total. The Bertz CT molecular complexity index is 287. The van der Waals surface area contributed by atoms with E-state index in [2.05, 4.69) is 25.5 Å². The number of nitrogens with zero attached hydrogens (tertiary/aromatic N) is 1. The standard InChI is InChI=1S/3C3H4O2.CH2N2/c3*1-2-3(4)5;2-1-3/h3*2H,1H2,(H,4,5);2H2. The zero-order chi connectivity index (χ0) is 15.6. The van der Waals surface area contributed by atoms with Crippen LogP contribution in [0.15, 0.2) is 38.0 Å². The van der Waals surface area contributed by atoms with Gasteiger partial charge in [0.1, 0.15) is 0 Å². The van der Waals surface area contributed by atoms with Gasteiger partial charge in [-0.2, -0.15) is 5.26 Å². The summed E-state index contributed by atoms with van der Waals surface area (Å²) < 4.78 is 0. The Balaban J connectivity index is -0.0000000739. The van der Waals surface area contributed by atoms with Crippen LogP contribution in [-0.2, 0) is 14.4 Å². The Morgan fingerprint density at radius 1 is 0.889 bits per heavy atom. The molecule has 0 aliphatic heterocycles. The van der Waals surface area contributed by atoms with Crippen LogP contribution in [0.25, 0.3) is 0 Å². The summed E-state index contributed by atoms with van der Waals surface area (Å²) in [5.41, 5.74) is 4.15. The summed E-state index contributed by atoms with van der Waals surface area (Å²) in [6, 6.07) is 0. The van der Waals surface area contributed by atoms with E-state index >= 15 is 0 Å². The average Bonchev–Trinajstić information content (AvgIpc) is 2.31. The van der Waals surface area contributed by atoms with Gasteiger partial charge in [-0.1, -0.05) is 19.7 Å². The average molecular weight is 258 g/mol. The summed E-state index contributed by atoms with van der Waals surface area (Å²) in [6.07, 6.45) is 3.75. The third kappa shape index (κ3) is 215. The minimum atomic E-state index is -0.981. The van der Waals surface area contributed by atoms with Gasteiger partial charge in [0.2, 0.25) is 0 Å². The molecule has 0 atom stereocenters. The lowest BCUT2D eigenvalue weighted by Crippen LogP contribution is -1.82. The molecule has 0 aromatic heterocycles. The number of carbonyl (C=O) groups is 3. The molecule has 0 heterocycles. The van der Waals surface area contributed by atoms with Crippen LogP contribution in [0.2, 0.25) is 0 Å². The first-order valence-electron chi connectivity index (χ1n) is 3.89. The highest BCUT2D eigenvalue weighted by Crippen LogP contribution is 1.55. The van der Waals surface area contributed by atoms with Crippen LogP contribution in [0.3, 0.4) is 0 Å². The first-order valence-corrected chi connectivity index (χ1v) is 3.89. The molecule has 0 unspecified atom stereocenters. The van der Waals surface area contributed by atoms with Crippen molar-refractivity contribution in [2.75, 3.05) is 0 Å². The summed E-state index contributed by atoms with van der Waals surface area (Å²) in [5.74, 6) is -2.94. The first-order chi connectivity index (χ1) is 8.22. The molecule has 18 heavy (non-hydrogen) atoms. The van der Waals surface area contributed by atoms with Gasteiger partial charge in [0, 0.05) is 18.2 Å². The molecule has 0 aromatic carbocycles. The number of carboxylic acid groups (broad SMARTS) is 3. The Morgan fingerprint density at radius 3 is 0.944 bits per heavy atom. The number of nitrogens with two attached hydrogens (primary N) is 1. The second-order valence-electron chi connectivity index (χ2n) is 1.76. The molecule has 0 spiro atoms. The van der Waals surface area contributed by atoms with Gasteiger partial charge in [0.15, 0.2) is 6.19 Å². The van der Waals surface area contributed by atoms with Crippen LogP contribution in [0.1, 0.15) is 0 Å². The van der Waals surface area contributed by atoms with Gasteiger partial charge < -0.3 is 21.1 Å². The number of hydrogen-bond donors (Lipinski definition) is 4. The molecule has 0 rings (SSSR count). The Kier molecular flexibility index (Phi) is 31.8. The zero-order valence-electron chi connectivity index (χ0n) is 9.44. The van der Waals surface area contributed by atoms with Gasteiger partial charge >= 0.3 is 17.9 Å². The smallest absolute Gasteiger partial charge is 0.327 e. The van der Waals surface area contributed by atoms with Crippen molar-refractivity contribution in [3.05, 3.63) is 38.0 Å². The maximum atomic E-state index is 9.25. The molecule has 8 heteroatoms. The third-order valence-corrected chi connectivity index (χ3v) is 0.524. The number of aliphatic carboxylic acids is 3. The van der Waals surface area contributed by atoms with E-state index < -0.39 is 17.9 Å².